The highest BCUT2D eigenvalue weighted by molar-refractivity contribution is 5.34. The van der Waals surface area contributed by atoms with Crippen molar-refractivity contribution in [1.82, 2.24) is 0 Å². The third kappa shape index (κ3) is 1.68. The highest BCUT2D eigenvalue weighted by Crippen LogP contribution is 2.59. The first-order chi connectivity index (χ1) is 7.12. The molecule has 0 bridgehead atoms. The molecule has 0 unspecified atom stereocenters. The molecule has 1 aliphatic carbocycles. The third-order valence-corrected chi connectivity index (χ3v) is 3.82. The first-order valence-electron chi connectivity index (χ1n) is 5.50. The van der Waals surface area contributed by atoms with Crippen LogP contribution in [0.4, 0.5) is 0 Å². The lowest BCUT2D eigenvalue weighted by Gasteiger charge is -2.34. The van der Waals surface area contributed by atoms with Gasteiger partial charge in [0.2, 0.25) is 0 Å². The van der Waals surface area contributed by atoms with Crippen LogP contribution in [0.2, 0.25) is 0 Å². The summed E-state index contributed by atoms with van der Waals surface area (Å²) in [6.07, 6.45) is 2.49. The summed E-state index contributed by atoms with van der Waals surface area (Å²) in [6.45, 7) is 5.08. The molecule has 1 aromatic rings. The average Bonchev–Trinajstić information content (AvgIpc) is 3.00. The lowest BCUT2D eigenvalue weighted by atomic mass is 9.72. The Balaban J connectivity index is 2.28. The van der Waals surface area contributed by atoms with Crippen LogP contribution in [0.1, 0.15) is 32.3 Å². The molecule has 0 atom stereocenters. The van der Waals surface area contributed by atoms with E-state index >= 15 is 0 Å². The molecule has 0 aliphatic heterocycles. The molecule has 0 aromatic heterocycles. The van der Waals surface area contributed by atoms with Crippen LogP contribution in [-0.2, 0) is 10.3 Å². The van der Waals surface area contributed by atoms with Gasteiger partial charge < -0.3 is 4.84 Å². The predicted molar refractivity (Wildman–Crippen MR) is 61.3 cm³/mol. The van der Waals surface area contributed by atoms with E-state index in [4.69, 9.17) is 10.7 Å². The van der Waals surface area contributed by atoms with E-state index in [1.165, 1.54) is 18.4 Å². The topological polar surface area (TPSA) is 35.2 Å². The normalized spacial score (nSPS) is 18.9. The number of hydrogen-bond donors (Lipinski definition) is 1. The molecular formula is C13H19NO. The lowest BCUT2D eigenvalue weighted by Crippen LogP contribution is -2.35. The van der Waals surface area contributed by atoms with Gasteiger partial charge in [0, 0.05) is 5.41 Å². The highest BCUT2D eigenvalue weighted by atomic mass is 16.6. The first kappa shape index (κ1) is 10.7. The molecular weight excluding hydrogens is 186 g/mol. The van der Waals surface area contributed by atoms with E-state index in [1.807, 2.05) is 0 Å². The summed E-state index contributed by atoms with van der Waals surface area (Å²) in [6, 6.07) is 10.7. The summed E-state index contributed by atoms with van der Waals surface area (Å²) in [5, 5.41) is 0. The van der Waals surface area contributed by atoms with Crippen molar-refractivity contribution in [2.75, 3.05) is 6.61 Å². The van der Waals surface area contributed by atoms with Gasteiger partial charge in [-0.25, -0.2) is 5.90 Å². The molecule has 1 aliphatic rings. The maximum absolute atomic E-state index is 5.22. The van der Waals surface area contributed by atoms with Gasteiger partial charge in [-0.05, 0) is 23.8 Å². The molecule has 2 nitrogen and oxygen atoms in total. The van der Waals surface area contributed by atoms with Crippen molar-refractivity contribution in [2.45, 2.75) is 32.1 Å². The van der Waals surface area contributed by atoms with Gasteiger partial charge in [0.25, 0.3) is 0 Å². The minimum Gasteiger partial charge on any atom is -0.304 e. The standard InChI is InChI=1S/C13H19NO/c1-12(2,10-15-14)13(8-9-13)11-6-4-3-5-7-11/h3-7H,8-10,14H2,1-2H3. The molecule has 1 saturated carbocycles. The molecule has 0 spiro atoms. The smallest absolute Gasteiger partial charge is 0.0738 e. The van der Waals surface area contributed by atoms with Crippen LogP contribution in [0.25, 0.3) is 0 Å². The molecule has 2 N–H and O–H groups in total. The maximum Gasteiger partial charge on any atom is 0.0738 e. The molecule has 1 aromatic carbocycles. The minimum atomic E-state index is 0.114. The van der Waals surface area contributed by atoms with Crippen LogP contribution in [-0.4, -0.2) is 6.61 Å². The molecule has 2 heteroatoms. The fraction of sp³-hybridized carbons (Fsp3) is 0.538. The highest BCUT2D eigenvalue weighted by Gasteiger charge is 2.55. The summed E-state index contributed by atoms with van der Waals surface area (Å²) in [4.78, 5) is 4.85. The van der Waals surface area contributed by atoms with E-state index < -0.39 is 0 Å². The van der Waals surface area contributed by atoms with Crippen LogP contribution in [0, 0.1) is 5.41 Å². The second-order valence-electron chi connectivity index (χ2n) is 5.14. The average molecular weight is 205 g/mol. The zero-order valence-electron chi connectivity index (χ0n) is 9.49. The van der Waals surface area contributed by atoms with Crippen molar-refractivity contribution in [2.24, 2.45) is 11.3 Å². The van der Waals surface area contributed by atoms with Crippen LogP contribution in [0.3, 0.4) is 0 Å². The third-order valence-electron chi connectivity index (χ3n) is 3.82. The van der Waals surface area contributed by atoms with Crippen LogP contribution < -0.4 is 5.90 Å². The lowest BCUT2D eigenvalue weighted by molar-refractivity contribution is 0.0406. The summed E-state index contributed by atoms with van der Waals surface area (Å²) in [7, 11) is 0. The van der Waals surface area contributed by atoms with Crippen LogP contribution >= 0.6 is 0 Å². The van der Waals surface area contributed by atoms with E-state index in [9.17, 15) is 0 Å². The van der Waals surface area contributed by atoms with E-state index in [1.54, 1.807) is 0 Å². The monoisotopic (exact) mass is 205 g/mol. The van der Waals surface area contributed by atoms with Gasteiger partial charge in [0.05, 0.1) is 6.61 Å². The van der Waals surface area contributed by atoms with E-state index in [2.05, 4.69) is 44.2 Å². The minimum absolute atomic E-state index is 0.114. The Labute approximate surface area is 91.4 Å². The maximum atomic E-state index is 5.22. The molecule has 0 radical (unpaired) electrons. The second kappa shape index (κ2) is 3.62. The predicted octanol–water partition coefficient (Wildman–Crippen LogP) is 2.63. The van der Waals surface area contributed by atoms with Gasteiger partial charge in [-0.15, -0.1) is 0 Å². The Bertz CT molecular complexity index is 328. The second-order valence-corrected chi connectivity index (χ2v) is 5.14. The molecule has 15 heavy (non-hydrogen) atoms. The number of hydrogen-bond acceptors (Lipinski definition) is 2. The molecule has 82 valence electrons. The Hall–Kier alpha value is -0.860. The van der Waals surface area contributed by atoms with Crippen molar-refractivity contribution in [1.29, 1.82) is 0 Å². The van der Waals surface area contributed by atoms with Crippen molar-refractivity contribution in [3.8, 4) is 0 Å². The van der Waals surface area contributed by atoms with Crippen molar-refractivity contribution in [3.63, 3.8) is 0 Å². The summed E-state index contributed by atoms with van der Waals surface area (Å²) in [5.74, 6) is 5.22. The fourth-order valence-electron chi connectivity index (χ4n) is 2.58. The molecule has 1 fully saturated rings. The van der Waals surface area contributed by atoms with Gasteiger partial charge in [-0.3, -0.25) is 0 Å². The SMILES string of the molecule is CC(C)(CON)C1(c2ccccc2)CC1. The van der Waals surface area contributed by atoms with Crippen molar-refractivity contribution < 1.29 is 4.84 Å². The van der Waals surface area contributed by atoms with Gasteiger partial charge in [-0.1, -0.05) is 44.2 Å². The molecule has 2 rings (SSSR count). The van der Waals surface area contributed by atoms with Crippen molar-refractivity contribution >= 4 is 0 Å². The molecule has 0 amide bonds. The van der Waals surface area contributed by atoms with E-state index in [0.29, 0.717) is 6.61 Å². The Morgan fingerprint density at radius 2 is 1.87 bits per heavy atom. The first-order valence-corrected chi connectivity index (χ1v) is 5.50. The number of nitrogens with two attached hydrogens (primary N) is 1. The zero-order chi connectivity index (χ0) is 10.9. The summed E-state index contributed by atoms with van der Waals surface area (Å²) in [5.41, 5.74) is 1.82. The van der Waals surface area contributed by atoms with E-state index in [-0.39, 0.29) is 10.8 Å². The Morgan fingerprint density at radius 1 is 1.27 bits per heavy atom. The number of rotatable bonds is 4. The molecule has 0 heterocycles. The van der Waals surface area contributed by atoms with Gasteiger partial charge in [0.1, 0.15) is 0 Å². The summed E-state index contributed by atoms with van der Waals surface area (Å²) < 4.78 is 0. The van der Waals surface area contributed by atoms with Crippen molar-refractivity contribution in [3.05, 3.63) is 35.9 Å². The Morgan fingerprint density at radius 3 is 2.33 bits per heavy atom. The molecule has 0 saturated heterocycles. The fourth-order valence-corrected chi connectivity index (χ4v) is 2.58. The van der Waals surface area contributed by atoms with Crippen LogP contribution in [0.5, 0.6) is 0 Å². The zero-order valence-corrected chi connectivity index (χ0v) is 9.49. The van der Waals surface area contributed by atoms with E-state index in [0.717, 1.165) is 0 Å². The largest absolute Gasteiger partial charge is 0.304 e. The van der Waals surface area contributed by atoms with Gasteiger partial charge in [0.15, 0.2) is 0 Å². The summed E-state index contributed by atoms with van der Waals surface area (Å²) >= 11 is 0. The Kier molecular flexibility index (Phi) is 2.57. The van der Waals surface area contributed by atoms with Gasteiger partial charge in [-0.2, -0.15) is 0 Å². The van der Waals surface area contributed by atoms with Gasteiger partial charge >= 0.3 is 0 Å². The number of benzene rings is 1. The quantitative estimate of drug-likeness (QED) is 0.767. The van der Waals surface area contributed by atoms with Crippen LogP contribution in [0.15, 0.2) is 30.3 Å².